The molecule has 0 aliphatic rings. The Balaban J connectivity index is 1.25. The lowest BCUT2D eigenvalue weighted by molar-refractivity contribution is 0.101. The number of pyridine rings is 1. The zero-order valence-corrected chi connectivity index (χ0v) is 16.2. The Labute approximate surface area is 171 Å². The minimum Gasteiger partial charge on any atom is -0.307 e. The molecule has 1 N–H and O–H groups in total. The summed E-state index contributed by atoms with van der Waals surface area (Å²) in [5.41, 5.74) is 7.14. The van der Waals surface area contributed by atoms with Gasteiger partial charge < -0.3 is 4.40 Å². The SMILES string of the molecule is O=C(Nn1cnc2ccccc21)c1ccc(SCc2cn3ccccc3n2)cc1. The van der Waals surface area contributed by atoms with E-state index in [1.54, 1.807) is 22.8 Å². The molecule has 0 atom stereocenters. The fourth-order valence-electron chi connectivity index (χ4n) is 3.14. The highest BCUT2D eigenvalue weighted by Gasteiger charge is 2.09. The van der Waals surface area contributed by atoms with Gasteiger partial charge in [-0.1, -0.05) is 18.2 Å². The number of aromatic nitrogens is 4. The third-order valence-corrected chi connectivity index (χ3v) is 5.64. The number of benzene rings is 2. The van der Waals surface area contributed by atoms with Crippen molar-refractivity contribution in [3.05, 3.63) is 96.7 Å². The van der Waals surface area contributed by atoms with Gasteiger partial charge in [-0.2, -0.15) is 0 Å². The first-order chi connectivity index (χ1) is 14.3. The zero-order valence-electron chi connectivity index (χ0n) is 15.4. The summed E-state index contributed by atoms with van der Waals surface area (Å²) < 4.78 is 3.66. The fourth-order valence-corrected chi connectivity index (χ4v) is 3.92. The molecule has 6 nitrogen and oxygen atoms in total. The highest BCUT2D eigenvalue weighted by molar-refractivity contribution is 7.98. The molecule has 5 aromatic rings. The largest absolute Gasteiger partial charge is 0.307 e. The molecule has 0 unspecified atom stereocenters. The standard InChI is InChI=1S/C22H17N5OS/c28-22(25-27-15-23-19-5-1-2-6-20(19)27)16-8-10-18(11-9-16)29-14-17-13-26-12-4-3-7-21(26)24-17/h1-13,15H,14H2,(H,25,28). The number of hydrogen-bond acceptors (Lipinski definition) is 4. The van der Waals surface area contributed by atoms with Gasteiger partial charge in [0.15, 0.2) is 0 Å². The minimum absolute atomic E-state index is 0.176. The first-order valence-corrected chi connectivity index (χ1v) is 10.1. The molecule has 0 bridgehead atoms. The van der Waals surface area contributed by atoms with Gasteiger partial charge in [-0.3, -0.25) is 10.2 Å². The van der Waals surface area contributed by atoms with Crippen LogP contribution in [0.3, 0.4) is 0 Å². The molecular weight excluding hydrogens is 382 g/mol. The summed E-state index contributed by atoms with van der Waals surface area (Å²) >= 11 is 1.69. The van der Waals surface area contributed by atoms with Gasteiger partial charge in [0.1, 0.15) is 12.0 Å². The van der Waals surface area contributed by atoms with Crippen LogP contribution in [0.5, 0.6) is 0 Å². The predicted molar refractivity (Wildman–Crippen MR) is 115 cm³/mol. The molecule has 5 rings (SSSR count). The summed E-state index contributed by atoms with van der Waals surface area (Å²) in [7, 11) is 0. The van der Waals surface area contributed by atoms with Crippen molar-refractivity contribution in [1.29, 1.82) is 0 Å². The van der Waals surface area contributed by atoms with E-state index in [9.17, 15) is 4.79 Å². The molecule has 0 radical (unpaired) electrons. The van der Waals surface area contributed by atoms with Crippen molar-refractivity contribution in [3.63, 3.8) is 0 Å². The molecule has 0 saturated heterocycles. The van der Waals surface area contributed by atoms with E-state index in [1.807, 2.05) is 83.5 Å². The molecule has 0 fully saturated rings. The molecule has 3 aromatic heterocycles. The molecule has 3 heterocycles. The molecule has 0 aliphatic carbocycles. The molecule has 0 saturated carbocycles. The topological polar surface area (TPSA) is 64.2 Å². The Morgan fingerprint density at radius 1 is 1.00 bits per heavy atom. The first-order valence-electron chi connectivity index (χ1n) is 9.15. The smallest absolute Gasteiger partial charge is 0.270 e. The molecule has 1 amide bonds. The summed E-state index contributed by atoms with van der Waals surface area (Å²) in [6, 6.07) is 21.2. The zero-order chi connectivity index (χ0) is 19.6. The predicted octanol–water partition coefficient (Wildman–Crippen LogP) is 4.36. The lowest BCUT2D eigenvalue weighted by atomic mass is 10.2. The quantitative estimate of drug-likeness (QED) is 0.446. The highest BCUT2D eigenvalue weighted by atomic mass is 32.2. The van der Waals surface area contributed by atoms with Gasteiger partial charge in [0, 0.05) is 28.6 Å². The summed E-state index contributed by atoms with van der Waals surface area (Å²) in [6.45, 7) is 0. The lowest BCUT2D eigenvalue weighted by Crippen LogP contribution is -2.21. The Kier molecular flexibility index (Phi) is 4.50. The number of carbonyl (C=O) groups excluding carboxylic acids is 1. The van der Waals surface area contributed by atoms with Crippen molar-refractivity contribution < 1.29 is 4.79 Å². The number of imidazole rings is 2. The van der Waals surface area contributed by atoms with Gasteiger partial charge in [0.2, 0.25) is 0 Å². The maximum absolute atomic E-state index is 12.6. The lowest BCUT2D eigenvalue weighted by Gasteiger charge is -2.07. The van der Waals surface area contributed by atoms with Gasteiger partial charge in [-0.15, -0.1) is 11.8 Å². The summed E-state index contributed by atoms with van der Waals surface area (Å²) in [4.78, 5) is 22.6. The van der Waals surface area contributed by atoms with Crippen LogP contribution >= 0.6 is 11.8 Å². The number of nitrogens with zero attached hydrogens (tertiary/aromatic N) is 4. The van der Waals surface area contributed by atoms with Crippen molar-refractivity contribution in [3.8, 4) is 0 Å². The third-order valence-electron chi connectivity index (χ3n) is 4.59. The van der Waals surface area contributed by atoms with E-state index in [-0.39, 0.29) is 5.91 Å². The minimum atomic E-state index is -0.176. The highest BCUT2D eigenvalue weighted by Crippen LogP contribution is 2.23. The van der Waals surface area contributed by atoms with E-state index < -0.39 is 0 Å². The summed E-state index contributed by atoms with van der Waals surface area (Å²) in [5, 5.41) is 0. The Hall–Kier alpha value is -3.58. The van der Waals surface area contributed by atoms with Gasteiger partial charge in [-0.05, 0) is 48.5 Å². The van der Waals surface area contributed by atoms with Crippen molar-refractivity contribution in [2.75, 3.05) is 5.43 Å². The molecule has 7 heteroatoms. The first kappa shape index (κ1) is 17.5. The van der Waals surface area contributed by atoms with E-state index in [4.69, 9.17) is 0 Å². The van der Waals surface area contributed by atoms with Gasteiger partial charge >= 0.3 is 0 Å². The number of para-hydroxylation sites is 2. The Bertz CT molecular complexity index is 1270. The van der Waals surface area contributed by atoms with E-state index in [0.717, 1.165) is 33.0 Å². The number of hydrogen-bond donors (Lipinski definition) is 1. The molecule has 0 aliphatic heterocycles. The third kappa shape index (κ3) is 3.60. The number of thioether (sulfide) groups is 1. The van der Waals surface area contributed by atoms with Crippen molar-refractivity contribution in [2.24, 2.45) is 0 Å². The summed E-state index contributed by atoms with van der Waals surface area (Å²) in [6.07, 6.45) is 5.65. The van der Waals surface area contributed by atoms with E-state index in [2.05, 4.69) is 15.4 Å². The van der Waals surface area contributed by atoms with Crippen LogP contribution in [0.15, 0.2) is 90.3 Å². The average Bonchev–Trinajstić information content (AvgIpc) is 3.36. The molecule has 2 aromatic carbocycles. The number of nitrogens with one attached hydrogen (secondary N) is 1. The fraction of sp³-hybridized carbons (Fsp3) is 0.0455. The maximum Gasteiger partial charge on any atom is 0.270 e. The van der Waals surface area contributed by atoms with Crippen molar-refractivity contribution in [2.45, 2.75) is 10.6 Å². The number of amides is 1. The van der Waals surface area contributed by atoms with Gasteiger partial charge in [0.25, 0.3) is 5.91 Å². The van der Waals surface area contributed by atoms with Gasteiger partial charge in [-0.25, -0.2) is 14.6 Å². The van der Waals surface area contributed by atoms with Crippen LogP contribution in [-0.2, 0) is 5.75 Å². The molecule has 29 heavy (non-hydrogen) atoms. The van der Waals surface area contributed by atoms with Crippen LogP contribution in [0.4, 0.5) is 0 Å². The normalized spacial score (nSPS) is 11.2. The maximum atomic E-state index is 12.6. The van der Waals surface area contributed by atoms with E-state index >= 15 is 0 Å². The van der Waals surface area contributed by atoms with Gasteiger partial charge in [0.05, 0.1) is 16.7 Å². The van der Waals surface area contributed by atoms with Crippen LogP contribution in [0.25, 0.3) is 16.7 Å². The second kappa shape index (κ2) is 7.44. The number of fused-ring (bicyclic) bond motifs is 2. The second-order valence-electron chi connectivity index (χ2n) is 6.56. The van der Waals surface area contributed by atoms with E-state index in [0.29, 0.717) is 5.56 Å². The number of rotatable bonds is 5. The monoisotopic (exact) mass is 399 g/mol. The second-order valence-corrected chi connectivity index (χ2v) is 7.60. The van der Waals surface area contributed by atoms with Crippen LogP contribution in [-0.4, -0.2) is 25.0 Å². The van der Waals surface area contributed by atoms with Crippen LogP contribution < -0.4 is 5.43 Å². The molecule has 0 spiro atoms. The van der Waals surface area contributed by atoms with Crippen LogP contribution in [0.2, 0.25) is 0 Å². The van der Waals surface area contributed by atoms with Crippen LogP contribution in [0.1, 0.15) is 16.1 Å². The van der Waals surface area contributed by atoms with Crippen molar-refractivity contribution >= 4 is 34.3 Å². The average molecular weight is 399 g/mol. The number of carbonyl (C=O) groups is 1. The van der Waals surface area contributed by atoms with Crippen LogP contribution in [0, 0.1) is 0 Å². The Morgan fingerprint density at radius 3 is 2.69 bits per heavy atom. The summed E-state index contributed by atoms with van der Waals surface area (Å²) in [5.74, 6) is 0.596. The molecular formula is C22H17N5OS. The Morgan fingerprint density at radius 2 is 1.83 bits per heavy atom. The molecule has 142 valence electrons. The van der Waals surface area contributed by atoms with Crippen molar-refractivity contribution in [1.82, 2.24) is 19.0 Å². The van der Waals surface area contributed by atoms with E-state index in [1.165, 1.54) is 0 Å².